The van der Waals surface area contributed by atoms with Crippen molar-refractivity contribution in [3.05, 3.63) is 29.8 Å². The highest BCUT2D eigenvalue weighted by molar-refractivity contribution is 5.85. The Kier molecular flexibility index (Phi) is 7.48. The van der Waals surface area contributed by atoms with Gasteiger partial charge in [0.2, 0.25) is 5.91 Å². The maximum absolute atomic E-state index is 12.2. The van der Waals surface area contributed by atoms with E-state index in [4.69, 9.17) is 9.47 Å². The van der Waals surface area contributed by atoms with Crippen LogP contribution in [0.3, 0.4) is 0 Å². The van der Waals surface area contributed by atoms with E-state index in [1.165, 1.54) is 4.90 Å². The van der Waals surface area contributed by atoms with E-state index in [-0.39, 0.29) is 30.5 Å². The molecule has 0 heterocycles. The second-order valence-electron chi connectivity index (χ2n) is 6.75. The maximum atomic E-state index is 12.2. The van der Waals surface area contributed by atoms with Crippen molar-refractivity contribution in [2.24, 2.45) is 0 Å². The second-order valence-corrected chi connectivity index (χ2v) is 6.75. The minimum Gasteiger partial charge on any atom is -0.493 e. The molecule has 6 nitrogen and oxygen atoms in total. The predicted octanol–water partition coefficient (Wildman–Crippen LogP) is 2.48. The number of likely N-dealkylation sites (N-methyl/N-ethyl adjacent to an activating group) is 1. The van der Waals surface area contributed by atoms with E-state index in [0.29, 0.717) is 11.5 Å². The lowest BCUT2D eigenvalue weighted by atomic mass is 10.1. The van der Waals surface area contributed by atoms with E-state index in [0.717, 1.165) is 5.56 Å². The zero-order valence-corrected chi connectivity index (χ0v) is 15.9. The molecular formula is C19H28N2O4. The fourth-order valence-electron chi connectivity index (χ4n) is 2.11. The highest BCUT2D eigenvalue weighted by Gasteiger charge is 2.18. The van der Waals surface area contributed by atoms with Crippen LogP contribution in [0.5, 0.6) is 11.5 Å². The Balaban J connectivity index is 2.62. The Bertz CT molecular complexity index is 633. The average Bonchev–Trinajstić information content (AvgIpc) is 2.51. The summed E-state index contributed by atoms with van der Waals surface area (Å²) in [5, 5.41) is 2.82. The van der Waals surface area contributed by atoms with Gasteiger partial charge in [-0.15, -0.1) is 0 Å². The number of carbonyl (C=O) groups excluding carboxylic acids is 2. The van der Waals surface area contributed by atoms with Crippen molar-refractivity contribution in [2.45, 2.75) is 33.2 Å². The van der Waals surface area contributed by atoms with Crippen molar-refractivity contribution in [1.29, 1.82) is 0 Å². The van der Waals surface area contributed by atoms with Crippen molar-refractivity contribution < 1.29 is 19.1 Å². The van der Waals surface area contributed by atoms with Gasteiger partial charge in [0.25, 0.3) is 5.91 Å². The molecule has 1 aromatic carbocycles. The molecule has 0 aliphatic heterocycles. The second kappa shape index (κ2) is 9.11. The van der Waals surface area contributed by atoms with E-state index in [1.807, 2.05) is 52.0 Å². The van der Waals surface area contributed by atoms with Crippen molar-refractivity contribution >= 4 is 17.9 Å². The number of methoxy groups -OCH3 is 1. The molecule has 0 unspecified atom stereocenters. The molecule has 0 aromatic heterocycles. The molecule has 0 bridgehead atoms. The molecule has 1 rings (SSSR count). The summed E-state index contributed by atoms with van der Waals surface area (Å²) in [7, 11) is 3.12. The molecular weight excluding hydrogens is 320 g/mol. The van der Waals surface area contributed by atoms with Crippen molar-refractivity contribution in [3.8, 4) is 11.5 Å². The van der Waals surface area contributed by atoms with Crippen molar-refractivity contribution in [2.75, 3.05) is 27.3 Å². The van der Waals surface area contributed by atoms with Crippen LogP contribution in [0, 0.1) is 0 Å². The number of rotatable bonds is 7. The first-order valence-corrected chi connectivity index (χ1v) is 8.14. The number of nitrogens with zero attached hydrogens (tertiary/aromatic N) is 1. The van der Waals surface area contributed by atoms with Gasteiger partial charge in [-0.3, -0.25) is 9.59 Å². The Morgan fingerprint density at radius 1 is 1.24 bits per heavy atom. The van der Waals surface area contributed by atoms with Crippen molar-refractivity contribution in [3.63, 3.8) is 0 Å². The minimum absolute atomic E-state index is 0.0170. The number of carbonyl (C=O) groups is 2. The van der Waals surface area contributed by atoms with Gasteiger partial charge in [-0.25, -0.2) is 0 Å². The van der Waals surface area contributed by atoms with Gasteiger partial charge in [0.15, 0.2) is 18.1 Å². The van der Waals surface area contributed by atoms with Gasteiger partial charge in [0, 0.05) is 12.6 Å². The van der Waals surface area contributed by atoms with Gasteiger partial charge in [-0.05, 0) is 45.4 Å². The van der Waals surface area contributed by atoms with E-state index < -0.39 is 0 Å². The number of allylic oxidation sites excluding steroid dienone is 1. The largest absolute Gasteiger partial charge is 0.493 e. The van der Waals surface area contributed by atoms with Crippen molar-refractivity contribution in [1.82, 2.24) is 10.2 Å². The normalized spacial score (nSPS) is 11.3. The van der Waals surface area contributed by atoms with Crippen LogP contribution < -0.4 is 14.8 Å². The Morgan fingerprint density at radius 3 is 2.48 bits per heavy atom. The standard InChI is InChI=1S/C19H28N2O4/c1-7-8-14-9-10-15(16(11-14)24-6)25-13-18(23)21(5)12-17(22)20-19(2,3)4/h7-11H,12-13H2,1-6H3,(H,20,22)/b8-7+. The van der Waals surface area contributed by atoms with Crippen LogP contribution >= 0.6 is 0 Å². The monoisotopic (exact) mass is 348 g/mol. The minimum atomic E-state index is -0.334. The zero-order chi connectivity index (χ0) is 19.0. The Morgan fingerprint density at radius 2 is 1.92 bits per heavy atom. The molecule has 1 N–H and O–H groups in total. The van der Waals surface area contributed by atoms with Crippen LogP contribution in [0.25, 0.3) is 6.08 Å². The molecule has 0 radical (unpaired) electrons. The number of hydrogen-bond acceptors (Lipinski definition) is 4. The molecule has 2 amide bonds. The first-order chi connectivity index (χ1) is 11.7. The molecule has 0 saturated carbocycles. The first kappa shape index (κ1) is 20.5. The summed E-state index contributed by atoms with van der Waals surface area (Å²) >= 11 is 0. The topological polar surface area (TPSA) is 67.9 Å². The van der Waals surface area contributed by atoms with Crippen LogP contribution in [0.1, 0.15) is 33.3 Å². The lowest BCUT2D eigenvalue weighted by Gasteiger charge is -2.23. The van der Waals surface area contributed by atoms with E-state index >= 15 is 0 Å². The fourth-order valence-corrected chi connectivity index (χ4v) is 2.11. The third-order valence-corrected chi connectivity index (χ3v) is 3.22. The maximum Gasteiger partial charge on any atom is 0.260 e. The quantitative estimate of drug-likeness (QED) is 0.822. The molecule has 0 aliphatic rings. The summed E-state index contributed by atoms with van der Waals surface area (Å²) < 4.78 is 10.9. The van der Waals surface area contributed by atoms with Gasteiger partial charge in [-0.1, -0.05) is 18.2 Å². The molecule has 0 aliphatic carbocycles. The molecule has 1 aromatic rings. The summed E-state index contributed by atoms with van der Waals surface area (Å²) in [5.74, 6) is 0.536. The summed E-state index contributed by atoms with van der Waals surface area (Å²) in [6.07, 6.45) is 3.87. The van der Waals surface area contributed by atoms with Crippen LogP contribution in [0.15, 0.2) is 24.3 Å². The smallest absolute Gasteiger partial charge is 0.260 e. The molecule has 0 atom stereocenters. The third kappa shape index (κ3) is 7.28. The summed E-state index contributed by atoms with van der Waals surface area (Å²) in [4.78, 5) is 25.4. The highest BCUT2D eigenvalue weighted by atomic mass is 16.5. The Labute approximate surface area is 149 Å². The van der Waals surface area contributed by atoms with E-state index in [2.05, 4.69) is 5.32 Å². The summed E-state index contributed by atoms with van der Waals surface area (Å²) in [5.41, 5.74) is 0.647. The van der Waals surface area contributed by atoms with E-state index in [1.54, 1.807) is 20.2 Å². The molecule has 138 valence electrons. The van der Waals surface area contributed by atoms with Gasteiger partial charge in [0.05, 0.1) is 13.7 Å². The number of ether oxygens (including phenoxy) is 2. The SMILES string of the molecule is C/C=C/c1ccc(OCC(=O)N(C)CC(=O)NC(C)(C)C)c(OC)c1. The van der Waals surface area contributed by atoms with Gasteiger partial charge < -0.3 is 19.7 Å². The highest BCUT2D eigenvalue weighted by Crippen LogP contribution is 2.28. The van der Waals surface area contributed by atoms with Crippen LogP contribution in [0.4, 0.5) is 0 Å². The fraction of sp³-hybridized carbons (Fsp3) is 0.474. The lowest BCUT2D eigenvalue weighted by Crippen LogP contribution is -2.47. The molecule has 6 heteroatoms. The average molecular weight is 348 g/mol. The summed E-state index contributed by atoms with van der Waals surface area (Å²) in [6.45, 7) is 7.41. The molecule has 25 heavy (non-hydrogen) atoms. The van der Waals surface area contributed by atoms with Gasteiger partial charge in [0.1, 0.15) is 0 Å². The predicted molar refractivity (Wildman–Crippen MR) is 98.7 cm³/mol. The van der Waals surface area contributed by atoms with Crippen LogP contribution in [-0.4, -0.2) is 49.6 Å². The summed E-state index contributed by atoms with van der Waals surface area (Å²) in [6, 6.07) is 5.47. The Hall–Kier alpha value is -2.50. The van der Waals surface area contributed by atoms with Gasteiger partial charge in [-0.2, -0.15) is 0 Å². The third-order valence-electron chi connectivity index (χ3n) is 3.22. The van der Waals surface area contributed by atoms with Crippen LogP contribution in [-0.2, 0) is 9.59 Å². The van der Waals surface area contributed by atoms with Gasteiger partial charge >= 0.3 is 0 Å². The number of nitrogens with one attached hydrogen (secondary N) is 1. The first-order valence-electron chi connectivity index (χ1n) is 8.14. The number of benzene rings is 1. The molecule has 0 saturated heterocycles. The number of amides is 2. The zero-order valence-electron chi connectivity index (χ0n) is 15.9. The molecule has 0 spiro atoms. The molecule has 0 fully saturated rings. The van der Waals surface area contributed by atoms with E-state index in [9.17, 15) is 9.59 Å². The number of hydrogen-bond donors (Lipinski definition) is 1. The van der Waals surface area contributed by atoms with Crippen LogP contribution in [0.2, 0.25) is 0 Å². The lowest BCUT2D eigenvalue weighted by molar-refractivity contribution is -0.136.